The Morgan fingerprint density at radius 3 is 1.43 bits per heavy atom. The van der Waals surface area contributed by atoms with E-state index in [0.717, 1.165) is 34.9 Å². The van der Waals surface area contributed by atoms with Gasteiger partial charge in [0.1, 0.15) is 17.5 Å². The van der Waals surface area contributed by atoms with Crippen molar-refractivity contribution in [1.82, 2.24) is 27.9 Å². The first-order valence-electron chi connectivity index (χ1n) is 13.2. The minimum absolute atomic E-state index is 0. The second-order valence-electron chi connectivity index (χ2n) is 9.44. The smallest absolute Gasteiger partial charge is 1.00 e. The van der Waals surface area contributed by atoms with E-state index in [1.165, 1.54) is 14.2 Å². The van der Waals surface area contributed by atoms with Crippen molar-refractivity contribution in [1.29, 1.82) is 0 Å². The SMILES string of the molecule is CS(=O)(=O)Cl.CS(=O)(=O)n1c(CCl)nc2ccccc21.CS(=O)(=O)n1c(CI)nc2ccccc21.ClCc1nc2ccccc2[nH]1.[I-].[I][V][I].[K+]. The Morgan fingerprint density at radius 1 is 0.686 bits per heavy atom. The number of aromatic nitrogens is 6. The van der Waals surface area contributed by atoms with E-state index >= 15 is 0 Å². The fraction of sp³-hybridized carbons (Fsp3) is 0.222. The van der Waals surface area contributed by atoms with Crippen LogP contribution in [0.15, 0.2) is 72.8 Å². The van der Waals surface area contributed by atoms with Crippen LogP contribution in [0, 0.1) is 0 Å². The molecular formula is C27H28Cl3I4KN6O6S3V. The summed E-state index contributed by atoms with van der Waals surface area (Å²) in [4.78, 5) is 15.8. The van der Waals surface area contributed by atoms with E-state index in [9.17, 15) is 25.3 Å². The van der Waals surface area contributed by atoms with Gasteiger partial charge in [0, 0.05) is 10.7 Å². The van der Waals surface area contributed by atoms with Crippen LogP contribution in [0.5, 0.6) is 0 Å². The molecule has 12 nitrogen and oxygen atoms in total. The Bertz CT molecular complexity index is 2180. The maximum absolute atomic E-state index is 11.6. The number of para-hydroxylation sites is 6. The summed E-state index contributed by atoms with van der Waals surface area (Å²) in [6.45, 7) is 0. The maximum atomic E-state index is 11.6. The van der Waals surface area contributed by atoms with E-state index in [-0.39, 0.29) is 81.2 Å². The third-order valence-corrected chi connectivity index (χ3v) is 8.95. The molecule has 1 N–H and O–H groups in total. The zero-order valence-corrected chi connectivity index (χ0v) is 44.9. The van der Waals surface area contributed by atoms with Gasteiger partial charge in [-0.2, -0.15) is 0 Å². The first-order chi connectivity index (χ1) is 22.9. The van der Waals surface area contributed by atoms with Crippen LogP contribution in [-0.2, 0) is 54.8 Å². The van der Waals surface area contributed by atoms with Gasteiger partial charge in [0.25, 0.3) is 0 Å². The van der Waals surface area contributed by atoms with Crippen LogP contribution in [-0.4, -0.2) is 71.9 Å². The summed E-state index contributed by atoms with van der Waals surface area (Å²) < 4.78 is 68.2. The molecule has 3 aromatic carbocycles. The molecule has 6 rings (SSSR count). The first-order valence-corrected chi connectivity index (χ1v) is 31.2. The van der Waals surface area contributed by atoms with Gasteiger partial charge in [-0.3, -0.25) is 0 Å². The number of nitrogens with one attached hydrogen (secondary N) is 1. The summed E-state index contributed by atoms with van der Waals surface area (Å²) in [6.07, 6.45) is 3.25. The summed E-state index contributed by atoms with van der Waals surface area (Å²) in [5.74, 6) is 2.25. The average Bonchev–Trinajstić information content (AvgIpc) is 3.73. The molecule has 0 unspecified atom stereocenters. The molecule has 51 heavy (non-hydrogen) atoms. The molecule has 0 radical (unpaired) electrons. The monoisotopic (exact) mass is 1330 g/mol. The second kappa shape index (κ2) is 25.3. The number of H-pyrrole nitrogens is 1. The summed E-state index contributed by atoms with van der Waals surface area (Å²) in [5, 5.41) is 0. The molecule has 0 bridgehead atoms. The van der Waals surface area contributed by atoms with Crippen LogP contribution in [0.4, 0.5) is 0 Å². The number of hydrogen-bond donors (Lipinski definition) is 1. The third kappa shape index (κ3) is 17.9. The predicted molar refractivity (Wildman–Crippen MR) is 222 cm³/mol. The molecule has 0 spiro atoms. The number of nitrogens with zero attached hydrogens (tertiary/aromatic N) is 5. The molecule has 0 saturated carbocycles. The van der Waals surface area contributed by atoms with Gasteiger partial charge in [0.2, 0.25) is 29.1 Å². The molecule has 0 amide bonds. The predicted octanol–water partition coefficient (Wildman–Crippen LogP) is 1.63. The minimum Gasteiger partial charge on any atom is 1.00 e. The Kier molecular flexibility index (Phi) is 26.3. The quantitative estimate of drug-likeness (QED) is 0.117. The first kappa shape index (κ1) is 52.9. The largest absolute Gasteiger partial charge is 1.00 e. The number of rotatable bonds is 5. The zero-order valence-electron chi connectivity index (χ0n) is 27.1. The van der Waals surface area contributed by atoms with Gasteiger partial charge in [-0.15, -0.1) is 23.2 Å². The van der Waals surface area contributed by atoms with Crippen LogP contribution in [0.1, 0.15) is 17.5 Å². The van der Waals surface area contributed by atoms with Gasteiger partial charge in [-0.1, -0.05) is 59.0 Å². The van der Waals surface area contributed by atoms with Crippen molar-refractivity contribution in [3.63, 3.8) is 0 Å². The Hall–Kier alpha value is 1.93. The van der Waals surface area contributed by atoms with Crippen LogP contribution in [0.25, 0.3) is 33.1 Å². The maximum Gasteiger partial charge on any atom is 1.00 e. The molecule has 0 aliphatic carbocycles. The molecule has 0 fully saturated rings. The molecule has 0 atom stereocenters. The van der Waals surface area contributed by atoms with Gasteiger partial charge in [-0.25, -0.2) is 48.2 Å². The molecule has 6 aromatic rings. The molecule has 3 heterocycles. The van der Waals surface area contributed by atoms with Crippen LogP contribution >= 0.6 is 96.4 Å². The van der Waals surface area contributed by atoms with Gasteiger partial charge in [0.05, 0.1) is 68.1 Å². The van der Waals surface area contributed by atoms with Gasteiger partial charge in [0.15, 0.2) is 0 Å². The number of imidazole rings is 3. The van der Waals surface area contributed by atoms with Gasteiger partial charge in [-0.05, 0) is 36.4 Å². The Labute approximate surface area is 414 Å². The molecule has 24 heteroatoms. The topological polar surface area (TPSA) is 167 Å². The van der Waals surface area contributed by atoms with E-state index in [1.54, 1.807) is 30.3 Å². The van der Waals surface area contributed by atoms with Crippen molar-refractivity contribution in [2.75, 3.05) is 18.8 Å². The Morgan fingerprint density at radius 2 is 1.06 bits per heavy atom. The van der Waals surface area contributed by atoms with Crippen molar-refractivity contribution >= 4 is 159 Å². The fourth-order valence-corrected chi connectivity index (χ4v) is 7.20. The second-order valence-corrected chi connectivity index (χ2v) is 29.2. The van der Waals surface area contributed by atoms with E-state index < -0.39 is 29.1 Å². The summed E-state index contributed by atoms with van der Waals surface area (Å²) >= 11 is 18.1. The number of hydrogen-bond acceptors (Lipinski definition) is 9. The molecule has 0 saturated heterocycles. The Balaban J connectivity index is 0.000000659. The number of alkyl halides is 3. The molecule has 275 valence electrons. The summed E-state index contributed by atoms with van der Waals surface area (Å²) in [6, 6.07) is 22.1. The number of fused-ring (bicyclic) bond motifs is 3. The van der Waals surface area contributed by atoms with E-state index in [4.69, 9.17) is 23.2 Å². The van der Waals surface area contributed by atoms with Crippen LogP contribution in [0.3, 0.4) is 0 Å². The summed E-state index contributed by atoms with van der Waals surface area (Å²) in [5.41, 5.74) is 4.58. The van der Waals surface area contributed by atoms with E-state index in [2.05, 4.69) is 93.2 Å². The third-order valence-electron chi connectivity index (χ3n) is 5.64. The van der Waals surface area contributed by atoms with Gasteiger partial charge >= 0.3 is 101 Å². The average molecular weight is 1330 g/mol. The molecule has 0 aliphatic rings. The van der Waals surface area contributed by atoms with Crippen molar-refractivity contribution in [2.24, 2.45) is 0 Å². The number of aromatic amines is 1. The van der Waals surface area contributed by atoms with E-state index in [0.29, 0.717) is 48.0 Å². The number of benzene rings is 3. The number of halogens is 7. The molecule has 0 aliphatic heterocycles. The fourth-order valence-electron chi connectivity index (χ4n) is 4.09. The zero-order chi connectivity index (χ0) is 37.0. The van der Waals surface area contributed by atoms with E-state index in [1.807, 2.05) is 42.5 Å². The summed E-state index contributed by atoms with van der Waals surface area (Å²) in [7, 11) is -4.70. The molecule has 3 aromatic heterocycles. The van der Waals surface area contributed by atoms with Crippen molar-refractivity contribution in [2.45, 2.75) is 16.2 Å². The normalized spacial score (nSPS) is 10.8. The standard InChI is InChI=1S/C9H9ClN2O2S.C9H9IN2O2S.C8H7ClN2.CH3ClO2S.3HI.K.V/c2*1-15(13,14)12-8-5-3-2-4-7(8)11-9(12)6-10;9-5-8-10-6-3-1-2-4-7(6)11-8;1-5(2,3)4;;;;;/h2*2-5H,6H2,1H3;1-4H,5H2,(H,10,11);1H3;3*1H;;/q;;;;;;;+1;+2/p-3. The van der Waals surface area contributed by atoms with Crippen LogP contribution < -0.4 is 75.4 Å². The van der Waals surface area contributed by atoms with Crippen molar-refractivity contribution in [3.05, 3.63) is 90.3 Å². The molecular weight excluding hydrogens is 1300 g/mol. The van der Waals surface area contributed by atoms with Crippen LogP contribution in [0.2, 0.25) is 0 Å². The van der Waals surface area contributed by atoms with Crippen molar-refractivity contribution in [3.8, 4) is 0 Å². The minimum atomic E-state index is -3.36. The van der Waals surface area contributed by atoms with Crippen molar-refractivity contribution < 1.29 is 110 Å². The van der Waals surface area contributed by atoms with Gasteiger partial charge < -0.3 is 29.0 Å².